The van der Waals surface area contributed by atoms with Gasteiger partial charge in [-0.1, -0.05) is 11.6 Å². The monoisotopic (exact) mass is 278 g/mol. The molecule has 0 atom stereocenters. The number of allylic oxidation sites excluding steroid dienone is 1. The first-order valence-electron chi connectivity index (χ1n) is 7.44. The first kappa shape index (κ1) is 15.2. The Balaban J connectivity index is 1.82. The van der Waals surface area contributed by atoms with Gasteiger partial charge in [-0.15, -0.1) is 10.2 Å². The van der Waals surface area contributed by atoms with Crippen molar-refractivity contribution >= 4 is 0 Å². The zero-order chi connectivity index (χ0) is 14.5. The minimum Gasteiger partial charge on any atom is -0.388 e. The van der Waals surface area contributed by atoms with Gasteiger partial charge in [-0.2, -0.15) is 0 Å². The second-order valence-electron chi connectivity index (χ2n) is 5.98. The molecule has 0 unspecified atom stereocenters. The molecule has 2 heterocycles. The van der Waals surface area contributed by atoms with Gasteiger partial charge in [-0.05, 0) is 45.7 Å². The summed E-state index contributed by atoms with van der Waals surface area (Å²) in [4.78, 5) is 2.51. The Morgan fingerprint density at radius 2 is 1.90 bits per heavy atom. The number of aromatic nitrogens is 3. The number of hydrogen-bond donors (Lipinski definition) is 1. The molecule has 1 aliphatic heterocycles. The fourth-order valence-corrected chi connectivity index (χ4v) is 2.66. The SMILES string of the molecule is CC(C)=CCN1CCC(Cc2nnc(CO)n2C)CC1. The normalized spacial score (nSPS) is 17.4. The van der Waals surface area contributed by atoms with Crippen LogP contribution < -0.4 is 0 Å². The molecular formula is C15H26N4O. The smallest absolute Gasteiger partial charge is 0.158 e. The van der Waals surface area contributed by atoms with Crippen LogP contribution in [0.4, 0.5) is 0 Å². The Hall–Kier alpha value is -1.20. The highest BCUT2D eigenvalue weighted by molar-refractivity contribution is 4.97. The molecule has 1 aliphatic rings. The maximum absolute atomic E-state index is 9.14. The maximum atomic E-state index is 9.14. The minimum atomic E-state index is -0.0371. The average molecular weight is 278 g/mol. The predicted molar refractivity (Wildman–Crippen MR) is 79.2 cm³/mol. The number of nitrogens with zero attached hydrogens (tertiary/aromatic N) is 4. The summed E-state index contributed by atoms with van der Waals surface area (Å²) in [6, 6.07) is 0. The van der Waals surface area contributed by atoms with Gasteiger partial charge in [-0.25, -0.2) is 0 Å². The highest BCUT2D eigenvalue weighted by atomic mass is 16.3. The van der Waals surface area contributed by atoms with E-state index >= 15 is 0 Å². The van der Waals surface area contributed by atoms with Crippen molar-refractivity contribution in [3.8, 4) is 0 Å². The summed E-state index contributed by atoms with van der Waals surface area (Å²) in [6.07, 6.45) is 5.71. The van der Waals surface area contributed by atoms with Gasteiger partial charge in [0.2, 0.25) is 0 Å². The molecule has 0 saturated carbocycles. The van der Waals surface area contributed by atoms with Crippen LogP contribution in [-0.4, -0.2) is 44.4 Å². The van der Waals surface area contributed by atoms with Gasteiger partial charge in [0.1, 0.15) is 12.4 Å². The van der Waals surface area contributed by atoms with Gasteiger partial charge in [0, 0.05) is 20.0 Å². The van der Waals surface area contributed by atoms with Crippen molar-refractivity contribution in [1.82, 2.24) is 19.7 Å². The van der Waals surface area contributed by atoms with Crippen LogP contribution in [0.3, 0.4) is 0 Å². The first-order valence-corrected chi connectivity index (χ1v) is 7.44. The molecule has 2 rings (SSSR count). The van der Waals surface area contributed by atoms with Crippen molar-refractivity contribution in [3.63, 3.8) is 0 Å². The Labute approximate surface area is 121 Å². The van der Waals surface area contributed by atoms with Crippen LogP contribution in [0.1, 0.15) is 38.3 Å². The fourth-order valence-electron chi connectivity index (χ4n) is 2.66. The molecule has 1 N–H and O–H groups in total. The van der Waals surface area contributed by atoms with Crippen molar-refractivity contribution in [3.05, 3.63) is 23.3 Å². The molecule has 0 amide bonds. The number of hydrogen-bond acceptors (Lipinski definition) is 4. The molecule has 5 heteroatoms. The largest absolute Gasteiger partial charge is 0.388 e. The molecule has 5 nitrogen and oxygen atoms in total. The van der Waals surface area contributed by atoms with Gasteiger partial charge in [0.05, 0.1) is 0 Å². The van der Waals surface area contributed by atoms with Crippen LogP contribution >= 0.6 is 0 Å². The number of likely N-dealkylation sites (tertiary alicyclic amines) is 1. The average Bonchev–Trinajstić information content (AvgIpc) is 2.79. The van der Waals surface area contributed by atoms with E-state index < -0.39 is 0 Å². The summed E-state index contributed by atoms with van der Waals surface area (Å²) in [5, 5.41) is 17.3. The Kier molecular flexibility index (Phi) is 5.31. The molecule has 0 aliphatic carbocycles. The highest BCUT2D eigenvalue weighted by Crippen LogP contribution is 2.21. The molecule has 112 valence electrons. The topological polar surface area (TPSA) is 54.2 Å². The van der Waals surface area contributed by atoms with E-state index in [1.54, 1.807) is 0 Å². The number of piperidine rings is 1. The van der Waals surface area contributed by atoms with E-state index in [4.69, 9.17) is 5.11 Å². The van der Waals surface area contributed by atoms with Crippen LogP contribution in [0.15, 0.2) is 11.6 Å². The summed E-state index contributed by atoms with van der Waals surface area (Å²) in [7, 11) is 1.94. The summed E-state index contributed by atoms with van der Waals surface area (Å²) in [5.74, 6) is 2.34. The summed E-state index contributed by atoms with van der Waals surface area (Å²) in [6.45, 7) is 7.68. The molecule has 0 bridgehead atoms. The van der Waals surface area contributed by atoms with Gasteiger partial charge >= 0.3 is 0 Å². The van der Waals surface area contributed by atoms with Crippen molar-refractivity contribution in [2.45, 2.75) is 39.7 Å². The second kappa shape index (κ2) is 6.99. The molecule has 1 aromatic heterocycles. The molecule has 0 radical (unpaired) electrons. The number of aliphatic hydroxyl groups excluding tert-OH is 1. The lowest BCUT2D eigenvalue weighted by molar-refractivity contribution is 0.198. The molecule has 0 spiro atoms. The lowest BCUT2D eigenvalue weighted by Crippen LogP contribution is -2.34. The lowest BCUT2D eigenvalue weighted by Gasteiger charge is -2.31. The standard InChI is InChI=1S/C15H26N4O/c1-12(2)4-7-19-8-5-13(6-9-19)10-14-16-17-15(11-20)18(14)3/h4,13,20H,5-11H2,1-3H3. The Morgan fingerprint density at radius 1 is 1.25 bits per heavy atom. The summed E-state index contributed by atoms with van der Waals surface area (Å²) < 4.78 is 1.93. The quantitative estimate of drug-likeness (QED) is 0.830. The number of aliphatic hydroxyl groups is 1. The predicted octanol–water partition coefficient (Wildman–Crippen LogP) is 1.53. The third-order valence-corrected chi connectivity index (χ3v) is 4.13. The van der Waals surface area contributed by atoms with E-state index in [1.165, 1.54) is 31.5 Å². The van der Waals surface area contributed by atoms with Crippen LogP contribution in [0.5, 0.6) is 0 Å². The zero-order valence-corrected chi connectivity index (χ0v) is 12.8. The van der Waals surface area contributed by atoms with Gasteiger partial charge in [-0.3, -0.25) is 4.90 Å². The van der Waals surface area contributed by atoms with Crippen LogP contribution in [0.25, 0.3) is 0 Å². The molecule has 1 saturated heterocycles. The zero-order valence-electron chi connectivity index (χ0n) is 12.8. The van der Waals surface area contributed by atoms with E-state index in [0.29, 0.717) is 11.7 Å². The third kappa shape index (κ3) is 3.90. The number of rotatable bonds is 5. The summed E-state index contributed by atoms with van der Waals surface area (Å²) >= 11 is 0. The van der Waals surface area contributed by atoms with E-state index in [-0.39, 0.29) is 6.61 Å². The van der Waals surface area contributed by atoms with Gasteiger partial charge in [0.25, 0.3) is 0 Å². The van der Waals surface area contributed by atoms with Crippen molar-refractivity contribution in [2.75, 3.05) is 19.6 Å². The van der Waals surface area contributed by atoms with E-state index in [0.717, 1.165) is 18.8 Å². The van der Waals surface area contributed by atoms with Gasteiger partial charge < -0.3 is 9.67 Å². The molecule has 20 heavy (non-hydrogen) atoms. The molecule has 1 aromatic rings. The molecule has 1 fully saturated rings. The van der Waals surface area contributed by atoms with Crippen LogP contribution in [-0.2, 0) is 20.1 Å². The van der Waals surface area contributed by atoms with Crippen molar-refractivity contribution in [2.24, 2.45) is 13.0 Å². The van der Waals surface area contributed by atoms with Crippen molar-refractivity contribution < 1.29 is 5.11 Å². The Morgan fingerprint density at radius 3 is 2.45 bits per heavy atom. The second-order valence-corrected chi connectivity index (χ2v) is 5.98. The lowest BCUT2D eigenvalue weighted by atomic mass is 9.93. The van der Waals surface area contributed by atoms with E-state index in [9.17, 15) is 0 Å². The molecular weight excluding hydrogens is 252 g/mol. The Bertz CT molecular complexity index is 454. The molecule has 0 aromatic carbocycles. The van der Waals surface area contributed by atoms with E-state index in [2.05, 4.69) is 35.0 Å². The highest BCUT2D eigenvalue weighted by Gasteiger charge is 2.21. The van der Waals surface area contributed by atoms with Crippen LogP contribution in [0, 0.1) is 5.92 Å². The fraction of sp³-hybridized carbons (Fsp3) is 0.733. The third-order valence-electron chi connectivity index (χ3n) is 4.13. The summed E-state index contributed by atoms with van der Waals surface area (Å²) in [5.41, 5.74) is 1.39. The van der Waals surface area contributed by atoms with Gasteiger partial charge in [0.15, 0.2) is 5.82 Å². The maximum Gasteiger partial charge on any atom is 0.158 e. The minimum absolute atomic E-state index is 0.0371. The first-order chi connectivity index (χ1) is 9.60. The van der Waals surface area contributed by atoms with Crippen molar-refractivity contribution in [1.29, 1.82) is 0 Å². The van der Waals surface area contributed by atoms with E-state index in [1.807, 2.05) is 11.6 Å². The van der Waals surface area contributed by atoms with Crippen LogP contribution in [0.2, 0.25) is 0 Å².